The van der Waals surface area contributed by atoms with Crippen LogP contribution in [-0.4, -0.2) is 46.9 Å². The molecule has 1 atom stereocenters. The second-order valence-corrected chi connectivity index (χ2v) is 6.84. The molecule has 9 heteroatoms. The first kappa shape index (κ1) is 20.9. The van der Waals surface area contributed by atoms with E-state index in [4.69, 9.17) is 0 Å². The highest BCUT2D eigenvalue weighted by Crippen LogP contribution is 2.28. The van der Waals surface area contributed by atoms with Gasteiger partial charge in [0.1, 0.15) is 6.33 Å². The van der Waals surface area contributed by atoms with Crippen LogP contribution < -0.4 is 15.5 Å². The van der Waals surface area contributed by atoms with Crippen LogP contribution in [0.2, 0.25) is 0 Å². The smallest absolute Gasteiger partial charge is 0.191 e. The molecule has 1 fully saturated rings. The summed E-state index contributed by atoms with van der Waals surface area (Å²) in [7, 11) is 1.79. The fourth-order valence-corrected chi connectivity index (χ4v) is 3.57. The van der Waals surface area contributed by atoms with E-state index in [0.29, 0.717) is 12.6 Å². The van der Waals surface area contributed by atoms with Gasteiger partial charge in [0, 0.05) is 37.2 Å². The molecule has 3 rings (SSSR count). The molecule has 1 unspecified atom stereocenters. The molecule has 2 heterocycles. The van der Waals surface area contributed by atoms with Gasteiger partial charge in [0.2, 0.25) is 0 Å². The Morgan fingerprint density at radius 3 is 2.92 bits per heavy atom. The molecule has 0 saturated carbocycles. The van der Waals surface area contributed by atoms with Gasteiger partial charge in [-0.05, 0) is 41.4 Å². The maximum atomic E-state index is 4.33. The van der Waals surface area contributed by atoms with Gasteiger partial charge in [0.05, 0.1) is 12.2 Å². The van der Waals surface area contributed by atoms with Crippen LogP contribution >= 0.6 is 39.9 Å². The van der Waals surface area contributed by atoms with E-state index in [-0.39, 0.29) is 24.0 Å². The van der Waals surface area contributed by atoms with Gasteiger partial charge in [-0.15, -0.1) is 34.2 Å². The van der Waals surface area contributed by atoms with Crippen LogP contribution in [0.1, 0.15) is 19.2 Å². The first-order valence-electron chi connectivity index (χ1n) is 8.54. The highest BCUT2D eigenvalue weighted by molar-refractivity contribution is 14.0. The van der Waals surface area contributed by atoms with Crippen molar-refractivity contribution in [3.05, 3.63) is 40.9 Å². The van der Waals surface area contributed by atoms with Crippen LogP contribution in [0.15, 0.2) is 40.1 Å². The molecule has 1 aromatic carbocycles. The normalized spacial score (nSPS) is 17.1. The number of rotatable bonds is 5. The van der Waals surface area contributed by atoms with E-state index in [2.05, 4.69) is 71.8 Å². The van der Waals surface area contributed by atoms with Gasteiger partial charge in [0.15, 0.2) is 11.8 Å². The maximum Gasteiger partial charge on any atom is 0.191 e. The van der Waals surface area contributed by atoms with Crippen molar-refractivity contribution in [2.24, 2.45) is 4.99 Å². The topological polar surface area (TPSA) is 70.4 Å². The van der Waals surface area contributed by atoms with E-state index in [0.717, 1.165) is 42.3 Å². The van der Waals surface area contributed by atoms with E-state index >= 15 is 0 Å². The number of aryl methyl sites for hydroxylation is 1. The Kier molecular flexibility index (Phi) is 8.14. The summed E-state index contributed by atoms with van der Waals surface area (Å²) in [6, 6.07) is 8.71. The molecular formula is C17H25BrIN7. The van der Waals surface area contributed by atoms with Crippen LogP contribution in [0.3, 0.4) is 0 Å². The van der Waals surface area contributed by atoms with Crippen molar-refractivity contribution in [3.8, 4) is 0 Å². The second-order valence-electron chi connectivity index (χ2n) is 5.99. The molecule has 0 amide bonds. The molecule has 142 valence electrons. The largest absolute Gasteiger partial charge is 0.368 e. The lowest BCUT2D eigenvalue weighted by Gasteiger charge is -2.21. The van der Waals surface area contributed by atoms with Gasteiger partial charge in [-0.25, -0.2) is 0 Å². The van der Waals surface area contributed by atoms with E-state index in [1.165, 1.54) is 5.69 Å². The Balaban J connectivity index is 0.00000243. The van der Waals surface area contributed by atoms with Crippen molar-refractivity contribution in [2.45, 2.75) is 32.5 Å². The number of hydrogen-bond acceptors (Lipinski definition) is 4. The minimum atomic E-state index is 0. The molecule has 0 radical (unpaired) electrons. The molecule has 1 aromatic heterocycles. The van der Waals surface area contributed by atoms with Gasteiger partial charge < -0.3 is 20.1 Å². The molecule has 2 aromatic rings. The van der Waals surface area contributed by atoms with Crippen LogP contribution in [0.5, 0.6) is 0 Å². The minimum absolute atomic E-state index is 0. The Labute approximate surface area is 179 Å². The average molecular weight is 534 g/mol. The SMILES string of the molecule is CCn1cnnc1CNC(=NC)NC1CCN(c2ccccc2Br)C1.I. The van der Waals surface area contributed by atoms with Gasteiger partial charge in [-0.2, -0.15) is 0 Å². The predicted octanol–water partition coefficient (Wildman–Crippen LogP) is 2.62. The van der Waals surface area contributed by atoms with Crippen molar-refractivity contribution in [3.63, 3.8) is 0 Å². The zero-order valence-electron chi connectivity index (χ0n) is 15.0. The lowest BCUT2D eigenvalue weighted by Crippen LogP contribution is -2.44. The molecular weight excluding hydrogens is 509 g/mol. The van der Waals surface area contributed by atoms with Crippen molar-refractivity contribution in [1.82, 2.24) is 25.4 Å². The average Bonchev–Trinajstić information content (AvgIpc) is 3.28. The van der Waals surface area contributed by atoms with Crippen LogP contribution in [0.25, 0.3) is 0 Å². The molecule has 0 bridgehead atoms. The van der Waals surface area contributed by atoms with E-state index in [1.807, 2.05) is 10.6 Å². The summed E-state index contributed by atoms with van der Waals surface area (Å²) in [5.74, 6) is 1.70. The summed E-state index contributed by atoms with van der Waals surface area (Å²) in [6.45, 7) is 5.53. The number of halogens is 2. The lowest BCUT2D eigenvalue weighted by molar-refractivity contribution is 0.631. The summed E-state index contributed by atoms with van der Waals surface area (Å²) in [5.41, 5.74) is 1.24. The molecule has 1 saturated heterocycles. The minimum Gasteiger partial charge on any atom is -0.368 e. The van der Waals surface area contributed by atoms with Crippen molar-refractivity contribution >= 4 is 51.6 Å². The van der Waals surface area contributed by atoms with Crippen molar-refractivity contribution in [2.75, 3.05) is 25.0 Å². The quantitative estimate of drug-likeness (QED) is 0.351. The highest BCUT2D eigenvalue weighted by Gasteiger charge is 2.24. The van der Waals surface area contributed by atoms with Gasteiger partial charge in [-0.3, -0.25) is 4.99 Å². The third kappa shape index (κ3) is 5.09. The number of guanidine groups is 1. The number of aliphatic imine (C=N–C) groups is 1. The highest BCUT2D eigenvalue weighted by atomic mass is 127. The monoisotopic (exact) mass is 533 g/mol. The van der Waals surface area contributed by atoms with Gasteiger partial charge in [-0.1, -0.05) is 12.1 Å². The van der Waals surface area contributed by atoms with E-state index < -0.39 is 0 Å². The van der Waals surface area contributed by atoms with Crippen LogP contribution in [-0.2, 0) is 13.1 Å². The Morgan fingerprint density at radius 1 is 1.38 bits per heavy atom. The third-order valence-corrected chi connectivity index (χ3v) is 5.07. The number of benzene rings is 1. The first-order chi connectivity index (χ1) is 12.2. The van der Waals surface area contributed by atoms with Gasteiger partial charge >= 0.3 is 0 Å². The zero-order valence-corrected chi connectivity index (χ0v) is 18.9. The maximum absolute atomic E-state index is 4.33. The van der Waals surface area contributed by atoms with Gasteiger partial charge in [0.25, 0.3) is 0 Å². The molecule has 26 heavy (non-hydrogen) atoms. The molecule has 1 aliphatic heterocycles. The molecule has 0 aliphatic carbocycles. The molecule has 0 spiro atoms. The van der Waals surface area contributed by atoms with Crippen LogP contribution in [0, 0.1) is 0 Å². The Bertz CT molecular complexity index is 733. The Hall–Kier alpha value is -1.36. The summed E-state index contributed by atoms with van der Waals surface area (Å²) >= 11 is 3.64. The summed E-state index contributed by atoms with van der Waals surface area (Å²) < 4.78 is 3.15. The number of aromatic nitrogens is 3. The van der Waals surface area contributed by atoms with E-state index in [9.17, 15) is 0 Å². The fraction of sp³-hybridized carbons (Fsp3) is 0.471. The zero-order chi connectivity index (χ0) is 17.6. The number of anilines is 1. The molecule has 7 nitrogen and oxygen atoms in total. The Morgan fingerprint density at radius 2 is 2.19 bits per heavy atom. The number of hydrogen-bond donors (Lipinski definition) is 2. The van der Waals surface area contributed by atoms with Crippen molar-refractivity contribution in [1.29, 1.82) is 0 Å². The lowest BCUT2D eigenvalue weighted by atomic mass is 10.3. The van der Waals surface area contributed by atoms with Crippen LogP contribution in [0.4, 0.5) is 5.69 Å². The summed E-state index contributed by atoms with van der Waals surface area (Å²) in [6.07, 6.45) is 2.83. The molecule has 1 aliphatic rings. The predicted molar refractivity (Wildman–Crippen MR) is 119 cm³/mol. The number of para-hydroxylation sites is 1. The first-order valence-corrected chi connectivity index (χ1v) is 9.34. The van der Waals surface area contributed by atoms with E-state index in [1.54, 1.807) is 13.4 Å². The standard InChI is InChI=1S/C17H24BrN7.HI/c1-3-24-12-21-23-16(24)10-20-17(19-2)22-13-8-9-25(11-13)15-7-5-4-6-14(15)18;/h4-7,12-13H,3,8-11H2,1-2H3,(H2,19,20,22);1H. The number of nitrogens with one attached hydrogen (secondary N) is 2. The fourth-order valence-electron chi connectivity index (χ4n) is 3.04. The third-order valence-electron chi connectivity index (χ3n) is 4.40. The van der Waals surface area contributed by atoms with Crippen molar-refractivity contribution < 1.29 is 0 Å². The summed E-state index contributed by atoms with van der Waals surface area (Å²) in [4.78, 5) is 6.72. The second kappa shape index (κ2) is 10.1. The molecule has 2 N–H and O–H groups in total. The summed E-state index contributed by atoms with van der Waals surface area (Å²) in [5, 5.41) is 14.9. The number of nitrogens with zero attached hydrogens (tertiary/aromatic N) is 5.